The number of hydrogen-bond acceptors (Lipinski definition) is 7. The van der Waals surface area contributed by atoms with Crippen LogP contribution in [0.3, 0.4) is 0 Å². The number of rotatable bonds is 9. The Bertz CT molecular complexity index is 966. The number of hydrogen-bond donors (Lipinski definition) is 0. The van der Waals surface area contributed by atoms with Crippen molar-refractivity contribution >= 4 is 17.4 Å². The molecule has 146 valence electrons. The lowest BCUT2D eigenvalue weighted by molar-refractivity contribution is -0.385. The molecule has 0 saturated carbocycles. The number of nitro groups is 1. The highest BCUT2D eigenvalue weighted by molar-refractivity contribution is 7.98. The zero-order valence-corrected chi connectivity index (χ0v) is 16.4. The molecule has 10 heteroatoms. The van der Waals surface area contributed by atoms with Gasteiger partial charge in [-0.25, -0.2) is 0 Å². The van der Waals surface area contributed by atoms with E-state index >= 15 is 0 Å². The van der Waals surface area contributed by atoms with E-state index in [-0.39, 0.29) is 11.8 Å². The number of nitrogens with zero attached hydrogens (tertiary/aromatic N) is 6. The van der Waals surface area contributed by atoms with E-state index in [1.807, 2.05) is 42.7 Å². The van der Waals surface area contributed by atoms with Crippen LogP contribution >= 0.6 is 11.8 Å². The normalized spacial score (nSPS) is 11.9. The van der Waals surface area contributed by atoms with Gasteiger partial charge in [-0.2, -0.15) is 5.10 Å². The van der Waals surface area contributed by atoms with Gasteiger partial charge in [0.1, 0.15) is 18.1 Å². The first kappa shape index (κ1) is 19.6. The van der Waals surface area contributed by atoms with E-state index in [9.17, 15) is 10.1 Å². The molecule has 1 atom stereocenters. The molecule has 0 aliphatic heterocycles. The van der Waals surface area contributed by atoms with Gasteiger partial charge in [0.05, 0.1) is 10.8 Å². The van der Waals surface area contributed by atoms with Gasteiger partial charge >= 0.3 is 5.69 Å². The second-order valence-corrected chi connectivity index (χ2v) is 6.99. The number of aromatic nitrogens is 5. The highest BCUT2D eigenvalue weighted by Gasteiger charge is 2.19. The summed E-state index contributed by atoms with van der Waals surface area (Å²) >= 11 is 1.38. The summed E-state index contributed by atoms with van der Waals surface area (Å²) in [5, 5.41) is 23.9. The first-order valence-electron chi connectivity index (χ1n) is 8.55. The fraction of sp³-hybridized carbons (Fsp3) is 0.278. The monoisotopic (exact) mass is 400 g/mol. The standard InChI is InChI=1S/C18H20N6O3S/c1-4-9-23-17(14(3)27-16-7-5-13(2)6-8-16)20-21-18(23)28-12-22-11-15(10-19-22)24(25)26/h4-8,10-11,14H,1,9,12H2,2-3H3. The first-order chi connectivity index (χ1) is 13.5. The molecule has 2 heterocycles. The predicted molar refractivity (Wildman–Crippen MR) is 105 cm³/mol. The molecule has 0 saturated heterocycles. The van der Waals surface area contributed by atoms with E-state index in [2.05, 4.69) is 21.9 Å². The molecule has 2 aromatic heterocycles. The highest BCUT2D eigenvalue weighted by Crippen LogP contribution is 2.26. The average molecular weight is 400 g/mol. The number of ether oxygens (including phenoxy) is 1. The Morgan fingerprint density at radius 1 is 1.36 bits per heavy atom. The summed E-state index contributed by atoms with van der Waals surface area (Å²) in [6, 6.07) is 7.81. The summed E-state index contributed by atoms with van der Waals surface area (Å²) < 4.78 is 9.39. The lowest BCUT2D eigenvalue weighted by atomic mass is 10.2. The second kappa shape index (κ2) is 8.70. The Morgan fingerprint density at radius 3 is 2.75 bits per heavy atom. The van der Waals surface area contributed by atoms with E-state index in [0.717, 1.165) is 11.3 Å². The summed E-state index contributed by atoms with van der Waals surface area (Å²) in [7, 11) is 0. The zero-order chi connectivity index (χ0) is 20.1. The average Bonchev–Trinajstić information content (AvgIpc) is 3.29. The van der Waals surface area contributed by atoms with Crippen molar-refractivity contribution in [2.24, 2.45) is 0 Å². The molecule has 0 radical (unpaired) electrons. The molecule has 1 aromatic carbocycles. The summed E-state index contributed by atoms with van der Waals surface area (Å²) in [5.41, 5.74) is 1.11. The molecule has 0 N–H and O–H groups in total. The van der Waals surface area contributed by atoms with E-state index < -0.39 is 4.92 Å². The Labute approximate surface area is 166 Å². The van der Waals surface area contributed by atoms with Crippen LogP contribution < -0.4 is 4.74 Å². The van der Waals surface area contributed by atoms with Gasteiger partial charge in [-0.3, -0.25) is 19.4 Å². The number of aryl methyl sites for hydroxylation is 1. The lowest BCUT2D eigenvalue weighted by Gasteiger charge is -2.15. The van der Waals surface area contributed by atoms with Crippen LogP contribution in [0, 0.1) is 17.0 Å². The van der Waals surface area contributed by atoms with Crippen LogP contribution in [0.4, 0.5) is 5.69 Å². The molecule has 28 heavy (non-hydrogen) atoms. The molecule has 0 aliphatic carbocycles. The molecule has 0 fully saturated rings. The second-order valence-electron chi connectivity index (χ2n) is 6.08. The van der Waals surface area contributed by atoms with Crippen LogP contribution in [0.25, 0.3) is 0 Å². The molecule has 0 amide bonds. The molecule has 9 nitrogen and oxygen atoms in total. The van der Waals surface area contributed by atoms with Crippen molar-refractivity contribution in [1.82, 2.24) is 24.5 Å². The Hall–Kier alpha value is -3.14. The third-order valence-electron chi connectivity index (χ3n) is 3.91. The summed E-state index contributed by atoms with van der Waals surface area (Å²) in [6.45, 7) is 8.24. The molecule has 0 aliphatic rings. The topological polar surface area (TPSA) is 101 Å². The fourth-order valence-corrected chi connectivity index (χ4v) is 3.33. The van der Waals surface area contributed by atoms with Gasteiger partial charge in [-0.05, 0) is 26.0 Å². The molecule has 1 unspecified atom stereocenters. The van der Waals surface area contributed by atoms with Crippen molar-refractivity contribution in [3.8, 4) is 5.75 Å². The van der Waals surface area contributed by atoms with Gasteiger partial charge in [-0.15, -0.1) is 16.8 Å². The van der Waals surface area contributed by atoms with Gasteiger partial charge in [-0.1, -0.05) is 35.5 Å². The zero-order valence-electron chi connectivity index (χ0n) is 15.6. The third kappa shape index (κ3) is 4.58. The Kier molecular flexibility index (Phi) is 6.09. The van der Waals surface area contributed by atoms with Crippen LogP contribution in [0.2, 0.25) is 0 Å². The maximum atomic E-state index is 10.8. The maximum Gasteiger partial charge on any atom is 0.307 e. The fourth-order valence-electron chi connectivity index (χ4n) is 2.52. The molecule has 3 rings (SSSR count). The largest absolute Gasteiger partial charge is 0.483 e. The number of thioether (sulfide) groups is 1. The van der Waals surface area contributed by atoms with Crippen molar-refractivity contribution in [2.45, 2.75) is 37.5 Å². The highest BCUT2D eigenvalue weighted by atomic mass is 32.2. The van der Waals surface area contributed by atoms with E-state index in [0.29, 0.717) is 23.4 Å². The SMILES string of the molecule is C=CCn1c(SCn2cc([N+](=O)[O-])cn2)nnc1C(C)Oc1ccc(C)cc1. The van der Waals surface area contributed by atoms with Gasteiger partial charge in [0.2, 0.25) is 0 Å². The van der Waals surface area contributed by atoms with Crippen molar-refractivity contribution in [3.05, 3.63) is 70.8 Å². The van der Waals surface area contributed by atoms with Crippen molar-refractivity contribution < 1.29 is 9.66 Å². The Morgan fingerprint density at radius 2 is 2.11 bits per heavy atom. The van der Waals surface area contributed by atoms with Gasteiger partial charge < -0.3 is 4.74 Å². The van der Waals surface area contributed by atoms with E-state index in [4.69, 9.17) is 4.74 Å². The van der Waals surface area contributed by atoms with Gasteiger partial charge in [0.25, 0.3) is 0 Å². The van der Waals surface area contributed by atoms with Crippen molar-refractivity contribution in [3.63, 3.8) is 0 Å². The maximum absolute atomic E-state index is 10.8. The smallest absolute Gasteiger partial charge is 0.307 e. The molecule has 0 bridgehead atoms. The predicted octanol–water partition coefficient (Wildman–Crippen LogP) is 3.77. The first-order valence-corrected chi connectivity index (χ1v) is 9.53. The van der Waals surface area contributed by atoms with Crippen molar-refractivity contribution in [2.75, 3.05) is 0 Å². The van der Waals surface area contributed by atoms with Crippen LogP contribution in [-0.2, 0) is 12.4 Å². The summed E-state index contributed by atoms with van der Waals surface area (Å²) in [5.74, 6) is 1.80. The molecule has 0 spiro atoms. The molecular weight excluding hydrogens is 380 g/mol. The molecule has 3 aromatic rings. The third-order valence-corrected chi connectivity index (χ3v) is 4.86. The van der Waals surface area contributed by atoms with Crippen LogP contribution in [0.15, 0.2) is 54.5 Å². The summed E-state index contributed by atoms with van der Waals surface area (Å²) in [4.78, 5) is 10.3. The van der Waals surface area contributed by atoms with Crippen molar-refractivity contribution in [1.29, 1.82) is 0 Å². The van der Waals surface area contributed by atoms with E-state index in [1.54, 1.807) is 6.08 Å². The van der Waals surface area contributed by atoms with Crippen LogP contribution in [-0.4, -0.2) is 29.5 Å². The minimum Gasteiger partial charge on any atom is -0.483 e. The van der Waals surface area contributed by atoms with Crippen LogP contribution in [0.1, 0.15) is 24.4 Å². The van der Waals surface area contributed by atoms with Crippen LogP contribution in [0.5, 0.6) is 5.75 Å². The molecular formula is C18H20N6O3S. The Balaban J connectivity index is 1.73. The quantitative estimate of drug-likeness (QED) is 0.233. The lowest BCUT2D eigenvalue weighted by Crippen LogP contribution is -2.12. The van der Waals surface area contributed by atoms with E-state index in [1.165, 1.54) is 28.8 Å². The summed E-state index contributed by atoms with van der Waals surface area (Å²) in [6.07, 6.45) is 4.05. The minimum absolute atomic E-state index is 0.0473. The minimum atomic E-state index is -0.476. The van der Waals surface area contributed by atoms with Gasteiger partial charge in [0.15, 0.2) is 17.1 Å². The number of benzene rings is 1. The van der Waals surface area contributed by atoms with Gasteiger partial charge in [0, 0.05) is 6.54 Å². The number of allylic oxidation sites excluding steroid dienone is 1.